The number of carbonyl (C=O) groups excluding carboxylic acids is 2. The number of imide groups is 1. The van der Waals surface area contributed by atoms with Crippen molar-refractivity contribution in [3.05, 3.63) is 40.0 Å². The number of hydrogen-bond acceptors (Lipinski definition) is 2. The molecule has 0 spiro atoms. The number of rotatable bonds is 1. The van der Waals surface area contributed by atoms with Crippen LogP contribution in [0.5, 0.6) is 0 Å². The van der Waals surface area contributed by atoms with Crippen LogP contribution in [-0.4, -0.2) is 11.8 Å². The van der Waals surface area contributed by atoms with Crippen LogP contribution in [0.25, 0.3) is 0 Å². The summed E-state index contributed by atoms with van der Waals surface area (Å²) in [6, 6.07) is 7.65. The zero-order chi connectivity index (χ0) is 14.3. The number of benzene rings is 1. The minimum absolute atomic E-state index is 0.0240. The lowest BCUT2D eigenvalue weighted by molar-refractivity contribution is -0.124. The molecule has 6 atom stereocenters. The van der Waals surface area contributed by atoms with Gasteiger partial charge in [-0.1, -0.05) is 12.2 Å². The number of carbonyl (C=O) groups is 2. The fraction of sp³-hybridized carbons (Fsp3) is 0.412. The van der Waals surface area contributed by atoms with E-state index in [9.17, 15) is 9.59 Å². The molecule has 1 saturated heterocycles. The maximum absolute atomic E-state index is 12.9. The first kappa shape index (κ1) is 12.4. The molecule has 0 radical (unpaired) electrons. The molecule has 1 heterocycles. The Bertz CT molecular complexity index is 659. The number of amides is 2. The van der Waals surface area contributed by atoms with Gasteiger partial charge in [0.2, 0.25) is 11.8 Å². The van der Waals surface area contributed by atoms with Crippen LogP contribution in [0.1, 0.15) is 6.42 Å². The molecule has 5 aliphatic rings. The quantitative estimate of drug-likeness (QED) is 0.420. The zero-order valence-corrected chi connectivity index (χ0v) is 13.4. The predicted octanol–water partition coefficient (Wildman–Crippen LogP) is 2.85. The van der Waals surface area contributed by atoms with E-state index in [1.54, 1.807) is 0 Å². The molecule has 106 valence electrons. The van der Waals surface area contributed by atoms with Crippen molar-refractivity contribution in [1.82, 2.24) is 0 Å². The van der Waals surface area contributed by atoms with Crippen molar-refractivity contribution in [3.8, 4) is 0 Å². The molecule has 2 saturated carbocycles. The monoisotopic (exact) mass is 391 g/mol. The molecule has 4 aliphatic carbocycles. The number of halogens is 1. The van der Waals surface area contributed by atoms with Gasteiger partial charge >= 0.3 is 0 Å². The summed E-state index contributed by atoms with van der Waals surface area (Å²) in [6.07, 6.45) is 5.63. The lowest BCUT2D eigenvalue weighted by Crippen LogP contribution is -2.40. The summed E-state index contributed by atoms with van der Waals surface area (Å²) in [4.78, 5) is 27.2. The highest BCUT2D eigenvalue weighted by Crippen LogP contribution is 2.65. The predicted molar refractivity (Wildman–Crippen MR) is 86.3 cm³/mol. The second-order valence-corrected chi connectivity index (χ2v) is 7.89. The topological polar surface area (TPSA) is 37.4 Å². The van der Waals surface area contributed by atoms with Crippen molar-refractivity contribution in [2.45, 2.75) is 6.42 Å². The summed E-state index contributed by atoms with van der Waals surface area (Å²) in [7, 11) is 0. The summed E-state index contributed by atoms with van der Waals surface area (Å²) in [5.74, 6) is 1.77. The maximum atomic E-state index is 12.9. The molecule has 2 bridgehead atoms. The summed E-state index contributed by atoms with van der Waals surface area (Å²) >= 11 is 2.23. The van der Waals surface area contributed by atoms with Gasteiger partial charge in [0.15, 0.2) is 0 Å². The molecule has 0 aromatic heterocycles. The Morgan fingerprint density at radius 1 is 0.905 bits per heavy atom. The van der Waals surface area contributed by atoms with Crippen molar-refractivity contribution in [3.63, 3.8) is 0 Å². The van der Waals surface area contributed by atoms with E-state index in [0.29, 0.717) is 23.7 Å². The normalized spacial score (nSPS) is 42.2. The highest BCUT2D eigenvalue weighted by Gasteiger charge is 2.67. The summed E-state index contributed by atoms with van der Waals surface area (Å²) in [5.41, 5.74) is 0.730. The first-order chi connectivity index (χ1) is 10.2. The van der Waals surface area contributed by atoms with Crippen molar-refractivity contribution in [2.75, 3.05) is 4.90 Å². The second-order valence-electron chi connectivity index (χ2n) is 6.64. The Hall–Kier alpha value is -1.17. The fourth-order valence-corrected chi connectivity index (χ4v) is 5.16. The molecule has 4 heteroatoms. The second kappa shape index (κ2) is 3.97. The minimum atomic E-state index is -0.101. The molecule has 3 nitrogen and oxygen atoms in total. The lowest BCUT2D eigenvalue weighted by atomic mass is 9.63. The molecule has 0 unspecified atom stereocenters. The van der Waals surface area contributed by atoms with Gasteiger partial charge in [-0.25, -0.2) is 0 Å². The van der Waals surface area contributed by atoms with Crippen LogP contribution in [-0.2, 0) is 9.59 Å². The van der Waals surface area contributed by atoms with Gasteiger partial charge in [-0.05, 0) is 76.9 Å². The van der Waals surface area contributed by atoms with E-state index in [-0.39, 0.29) is 23.7 Å². The molecule has 2 amide bonds. The molecule has 21 heavy (non-hydrogen) atoms. The SMILES string of the molecule is O=C1[C@@H]2[C@@H]3C=C[C@H]([C@H]4C[C@H]34)[C@@H]2C(=O)N1c1ccc(I)cc1. The van der Waals surface area contributed by atoms with Crippen LogP contribution < -0.4 is 4.90 Å². The van der Waals surface area contributed by atoms with Crippen LogP contribution in [0.4, 0.5) is 5.69 Å². The molecule has 1 aromatic carbocycles. The number of hydrogen-bond donors (Lipinski definition) is 0. The van der Waals surface area contributed by atoms with Crippen LogP contribution in [0.3, 0.4) is 0 Å². The highest BCUT2D eigenvalue weighted by atomic mass is 127. The van der Waals surface area contributed by atoms with E-state index in [0.717, 1.165) is 9.26 Å². The van der Waals surface area contributed by atoms with Gasteiger partial charge in [0.05, 0.1) is 17.5 Å². The molecule has 1 aromatic rings. The Kier molecular flexibility index (Phi) is 2.34. The highest BCUT2D eigenvalue weighted by molar-refractivity contribution is 14.1. The standard InChI is InChI=1S/C17H14INO2/c18-8-1-3-9(4-2-8)19-16(20)14-10-5-6-11(13-7-12(10)13)15(14)17(19)21/h1-6,10-15H,7H2/t10-,11-,12-,13-,14-,15+/m1/s1. The molecule has 6 rings (SSSR count). The van der Waals surface area contributed by atoms with E-state index in [4.69, 9.17) is 0 Å². The average Bonchev–Trinajstić information content (AvgIpc) is 3.26. The van der Waals surface area contributed by atoms with Crippen LogP contribution >= 0.6 is 22.6 Å². The van der Waals surface area contributed by atoms with Crippen LogP contribution in [0, 0.1) is 39.1 Å². The number of allylic oxidation sites excluding steroid dienone is 2. The van der Waals surface area contributed by atoms with Crippen LogP contribution in [0.2, 0.25) is 0 Å². The Morgan fingerprint density at radius 2 is 1.43 bits per heavy atom. The third-order valence-electron chi connectivity index (χ3n) is 5.75. The Labute approximate surface area is 136 Å². The van der Waals surface area contributed by atoms with E-state index in [1.165, 1.54) is 11.3 Å². The smallest absolute Gasteiger partial charge is 0.238 e. The van der Waals surface area contributed by atoms with E-state index >= 15 is 0 Å². The zero-order valence-electron chi connectivity index (χ0n) is 11.3. The molecule has 3 fully saturated rings. The Morgan fingerprint density at radius 3 is 1.95 bits per heavy atom. The van der Waals surface area contributed by atoms with Gasteiger partial charge < -0.3 is 0 Å². The maximum Gasteiger partial charge on any atom is 0.238 e. The molecular formula is C17H14INO2. The first-order valence-corrected chi connectivity index (χ1v) is 8.56. The number of nitrogens with zero attached hydrogens (tertiary/aromatic N) is 1. The average molecular weight is 391 g/mol. The van der Waals surface area contributed by atoms with Gasteiger partial charge in [-0.3, -0.25) is 14.5 Å². The summed E-state index contributed by atoms with van der Waals surface area (Å²) in [6.45, 7) is 0. The largest absolute Gasteiger partial charge is 0.274 e. The summed E-state index contributed by atoms with van der Waals surface area (Å²) < 4.78 is 1.11. The minimum Gasteiger partial charge on any atom is -0.274 e. The van der Waals surface area contributed by atoms with Gasteiger partial charge in [-0.15, -0.1) is 0 Å². The van der Waals surface area contributed by atoms with Crippen LogP contribution in [0.15, 0.2) is 36.4 Å². The van der Waals surface area contributed by atoms with Crippen molar-refractivity contribution in [1.29, 1.82) is 0 Å². The van der Waals surface area contributed by atoms with Gasteiger partial charge in [0, 0.05) is 3.57 Å². The Balaban J connectivity index is 1.58. The van der Waals surface area contributed by atoms with Crippen molar-refractivity contribution in [2.24, 2.45) is 35.5 Å². The van der Waals surface area contributed by atoms with E-state index in [1.807, 2.05) is 24.3 Å². The molecule has 0 N–H and O–H groups in total. The van der Waals surface area contributed by atoms with Crippen molar-refractivity contribution >= 4 is 40.1 Å². The molecule has 1 aliphatic heterocycles. The van der Waals surface area contributed by atoms with E-state index < -0.39 is 0 Å². The fourth-order valence-electron chi connectivity index (χ4n) is 4.80. The molecular weight excluding hydrogens is 377 g/mol. The first-order valence-electron chi connectivity index (χ1n) is 7.48. The number of anilines is 1. The van der Waals surface area contributed by atoms with E-state index in [2.05, 4.69) is 34.7 Å². The van der Waals surface area contributed by atoms with Crippen molar-refractivity contribution < 1.29 is 9.59 Å². The van der Waals surface area contributed by atoms with Gasteiger partial charge in [0.1, 0.15) is 0 Å². The lowest BCUT2D eigenvalue weighted by Gasteiger charge is -2.37. The van der Waals surface area contributed by atoms with Gasteiger partial charge in [-0.2, -0.15) is 0 Å². The summed E-state index contributed by atoms with van der Waals surface area (Å²) in [5, 5.41) is 0. The van der Waals surface area contributed by atoms with Gasteiger partial charge in [0.25, 0.3) is 0 Å². The third-order valence-corrected chi connectivity index (χ3v) is 6.47. The third kappa shape index (κ3) is 1.49.